The first-order valence-corrected chi connectivity index (χ1v) is 9.59. The van der Waals surface area contributed by atoms with Crippen LogP contribution in [0.4, 0.5) is 0 Å². The van der Waals surface area contributed by atoms with E-state index in [4.69, 9.17) is 0 Å². The number of carbonyl (C=O) groups excluding carboxylic acids is 1. The van der Waals surface area contributed by atoms with Gasteiger partial charge in [-0.2, -0.15) is 0 Å². The molecule has 0 spiro atoms. The molecular formula is C21H23N3O2. The third-order valence-corrected chi connectivity index (χ3v) is 7.25. The molecule has 1 aromatic carbocycles. The average molecular weight is 349 g/mol. The minimum Gasteiger partial charge on any atom is -0.508 e. The highest BCUT2D eigenvalue weighted by Gasteiger charge is 2.54. The molecule has 2 saturated carbocycles. The zero-order valence-electron chi connectivity index (χ0n) is 15.0. The molecule has 134 valence electrons. The highest BCUT2D eigenvalue weighted by Crippen LogP contribution is 2.60. The lowest BCUT2D eigenvalue weighted by Gasteiger charge is -2.48. The molecule has 0 amide bonds. The van der Waals surface area contributed by atoms with E-state index in [-0.39, 0.29) is 11.2 Å². The fourth-order valence-electron chi connectivity index (χ4n) is 6.05. The van der Waals surface area contributed by atoms with E-state index in [1.807, 2.05) is 6.07 Å². The van der Waals surface area contributed by atoms with Gasteiger partial charge in [-0.05, 0) is 73.1 Å². The van der Waals surface area contributed by atoms with Crippen molar-refractivity contribution in [3.63, 3.8) is 0 Å². The number of ketones is 1. The molecule has 0 saturated heterocycles. The van der Waals surface area contributed by atoms with Crippen LogP contribution in [0, 0.1) is 17.3 Å². The summed E-state index contributed by atoms with van der Waals surface area (Å²) in [6.07, 6.45) is 8.83. The number of nitrogens with zero attached hydrogens (tertiary/aromatic N) is 3. The topological polar surface area (TPSA) is 76.0 Å². The lowest BCUT2D eigenvalue weighted by molar-refractivity contribution is -0.129. The molecule has 3 aliphatic rings. The van der Waals surface area contributed by atoms with Gasteiger partial charge in [0.15, 0.2) is 5.82 Å². The van der Waals surface area contributed by atoms with Crippen molar-refractivity contribution in [2.75, 3.05) is 0 Å². The van der Waals surface area contributed by atoms with Crippen LogP contribution in [0.15, 0.2) is 24.8 Å². The number of phenols is 1. The van der Waals surface area contributed by atoms with Gasteiger partial charge in [0.1, 0.15) is 24.2 Å². The maximum atomic E-state index is 12.5. The lowest BCUT2D eigenvalue weighted by Crippen LogP contribution is -2.42. The van der Waals surface area contributed by atoms with E-state index in [9.17, 15) is 9.90 Å². The van der Waals surface area contributed by atoms with Gasteiger partial charge < -0.3 is 5.11 Å². The summed E-state index contributed by atoms with van der Waals surface area (Å²) >= 11 is 0. The molecule has 1 N–H and O–H groups in total. The Morgan fingerprint density at radius 3 is 2.73 bits per heavy atom. The molecule has 2 aromatic rings. The van der Waals surface area contributed by atoms with Gasteiger partial charge in [0.2, 0.25) is 0 Å². The molecule has 5 heteroatoms. The molecule has 3 aliphatic carbocycles. The third kappa shape index (κ3) is 2.15. The smallest absolute Gasteiger partial charge is 0.163 e. The number of aromatic hydroxyl groups is 1. The minimum atomic E-state index is -0.122. The number of rotatable bonds is 1. The number of hydrogen-bond acceptors (Lipinski definition) is 5. The molecule has 0 bridgehead atoms. The highest BCUT2D eigenvalue weighted by molar-refractivity contribution is 5.87. The Morgan fingerprint density at radius 1 is 1.12 bits per heavy atom. The first-order chi connectivity index (χ1) is 12.6. The SMILES string of the molecule is C[C@]12CC[C@@H]3c4c(cc(O)cc4-c4ncncn4)CC[C@H]3[C@@H]1CCC2=O. The molecule has 0 aliphatic heterocycles. The first kappa shape index (κ1) is 15.9. The molecule has 0 radical (unpaired) electrons. The molecule has 26 heavy (non-hydrogen) atoms. The Hall–Kier alpha value is -2.30. The molecule has 1 aromatic heterocycles. The van der Waals surface area contributed by atoms with E-state index >= 15 is 0 Å². The highest BCUT2D eigenvalue weighted by atomic mass is 16.3. The van der Waals surface area contributed by atoms with Gasteiger partial charge in [0.25, 0.3) is 0 Å². The maximum Gasteiger partial charge on any atom is 0.163 e. The quantitative estimate of drug-likeness (QED) is 0.850. The van der Waals surface area contributed by atoms with Gasteiger partial charge in [-0.3, -0.25) is 4.79 Å². The van der Waals surface area contributed by atoms with Crippen molar-refractivity contribution in [3.05, 3.63) is 35.9 Å². The molecule has 5 nitrogen and oxygen atoms in total. The molecule has 4 atom stereocenters. The predicted molar refractivity (Wildman–Crippen MR) is 96.6 cm³/mol. The maximum absolute atomic E-state index is 12.5. The summed E-state index contributed by atoms with van der Waals surface area (Å²) in [5.41, 5.74) is 3.33. The number of fused-ring (bicyclic) bond motifs is 5. The van der Waals surface area contributed by atoms with Crippen LogP contribution in [0.2, 0.25) is 0 Å². The minimum absolute atomic E-state index is 0.122. The number of Topliss-reactive ketones (excluding diaryl/α,β-unsaturated/α-hetero) is 1. The monoisotopic (exact) mass is 349 g/mol. The van der Waals surface area contributed by atoms with Crippen LogP contribution < -0.4 is 0 Å². The summed E-state index contributed by atoms with van der Waals surface area (Å²) in [5.74, 6) is 2.82. The van der Waals surface area contributed by atoms with Crippen molar-refractivity contribution >= 4 is 5.78 Å². The Balaban J connectivity index is 1.64. The standard InChI is InChI=1S/C21H23N3O2/c1-21-7-6-15-14(17(21)4-5-18(21)26)3-2-12-8-13(25)9-16(19(12)15)20-23-10-22-11-24-20/h8-11,14-15,17,25H,2-7H2,1H3/t14-,15+,17+,21+/m1/s1. The van der Waals surface area contributed by atoms with Crippen molar-refractivity contribution in [1.29, 1.82) is 0 Å². The first-order valence-electron chi connectivity index (χ1n) is 9.59. The summed E-state index contributed by atoms with van der Waals surface area (Å²) in [4.78, 5) is 25.1. The van der Waals surface area contributed by atoms with Crippen LogP contribution in [0.25, 0.3) is 11.4 Å². The van der Waals surface area contributed by atoms with E-state index in [1.54, 1.807) is 6.07 Å². The number of benzene rings is 1. The van der Waals surface area contributed by atoms with Crippen LogP contribution in [0.1, 0.15) is 56.1 Å². The number of carbonyl (C=O) groups is 1. The Kier molecular flexibility index (Phi) is 3.43. The zero-order valence-corrected chi connectivity index (χ0v) is 15.0. The molecular weight excluding hydrogens is 326 g/mol. The van der Waals surface area contributed by atoms with E-state index in [0.717, 1.165) is 44.1 Å². The molecule has 1 heterocycles. The summed E-state index contributed by atoms with van der Waals surface area (Å²) in [6.45, 7) is 2.20. The Bertz CT molecular complexity index is 882. The van der Waals surface area contributed by atoms with E-state index < -0.39 is 0 Å². The van der Waals surface area contributed by atoms with Gasteiger partial charge in [0.05, 0.1) is 0 Å². The molecule has 0 unspecified atom stereocenters. The summed E-state index contributed by atoms with van der Waals surface area (Å²) in [5, 5.41) is 10.2. The van der Waals surface area contributed by atoms with Crippen molar-refractivity contribution in [1.82, 2.24) is 15.0 Å². The van der Waals surface area contributed by atoms with Crippen LogP contribution >= 0.6 is 0 Å². The second-order valence-corrected chi connectivity index (χ2v) is 8.36. The van der Waals surface area contributed by atoms with Crippen molar-refractivity contribution < 1.29 is 9.90 Å². The number of phenolic OH excluding ortho intramolecular Hbond substituents is 1. The fourth-order valence-corrected chi connectivity index (χ4v) is 6.05. The van der Waals surface area contributed by atoms with Crippen LogP contribution in [0.5, 0.6) is 5.75 Å². The second-order valence-electron chi connectivity index (χ2n) is 8.36. The van der Waals surface area contributed by atoms with E-state index in [1.165, 1.54) is 23.8 Å². The Morgan fingerprint density at radius 2 is 1.92 bits per heavy atom. The third-order valence-electron chi connectivity index (χ3n) is 7.25. The number of hydrogen-bond donors (Lipinski definition) is 1. The van der Waals surface area contributed by atoms with Crippen LogP contribution in [0.3, 0.4) is 0 Å². The summed E-state index contributed by atoms with van der Waals surface area (Å²) < 4.78 is 0. The number of aromatic nitrogens is 3. The normalized spacial score (nSPS) is 32.7. The average Bonchev–Trinajstić information content (AvgIpc) is 2.96. The van der Waals surface area contributed by atoms with Crippen molar-refractivity contribution in [2.24, 2.45) is 17.3 Å². The van der Waals surface area contributed by atoms with Crippen LogP contribution in [-0.2, 0) is 11.2 Å². The zero-order chi connectivity index (χ0) is 17.9. The van der Waals surface area contributed by atoms with Crippen molar-refractivity contribution in [3.8, 4) is 17.1 Å². The lowest BCUT2D eigenvalue weighted by atomic mass is 9.55. The predicted octanol–water partition coefficient (Wildman–Crippen LogP) is 3.67. The second kappa shape index (κ2) is 5.60. The van der Waals surface area contributed by atoms with Gasteiger partial charge in [0, 0.05) is 17.4 Å². The van der Waals surface area contributed by atoms with Gasteiger partial charge in [-0.15, -0.1) is 0 Å². The Labute approximate surface area is 152 Å². The van der Waals surface area contributed by atoms with E-state index in [0.29, 0.717) is 29.4 Å². The van der Waals surface area contributed by atoms with Gasteiger partial charge >= 0.3 is 0 Å². The van der Waals surface area contributed by atoms with Crippen molar-refractivity contribution in [2.45, 2.75) is 51.4 Å². The van der Waals surface area contributed by atoms with Gasteiger partial charge in [-0.25, -0.2) is 15.0 Å². The molecule has 5 rings (SSSR count). The van der Waals surface area contributed by atoms with Gasteiger partial charge in [-0.1, -0.05) is 6.92 Å². The van der Waals surface area contributed by atoms with E-state index in [2.05, 4.69) is 21.9 Å². The summed E-state index contributed by atoms with van der Waals surface area (Å²) in [6, 6.07) is 3.70. The summed E-state index contributed by atoms with van der Waals surface area (Å²) in [7, 11) is 0. The number of aryl methyl sites for hydroxylation is 1. The largest absolute Gasteiger partial charge is 0.508 e. The molecule has 2 fully saturated rings. The fraction of sp³-hybridized carbons (Fsp3) is 0.524. The van der Waals surface area contributed by atoms with Crippen LogP contribution in [-0.4, -0.2) is 25.8 Å².